The van der Waals surface area contributed by atoms with E-state index in [0.29, 0.717) is 19.4 Å². The molecule has 14 heavy (non-hydrogen) atoms. The van der Waals surface area contributed by atoms with Gasteiger partial charge in [-0.2, -0.15) is 0 Å². The molecular weight excluding hydrogens is 184 g/mol. The van der Waals surface area contributed by atoms with Crippen LogP contribution in [0.25, 0.3) is 0 Å². The molecule has 0 unspecified atom stereocenters. The second-order valence-electron chi connectivity index (χ2n) is 3.92. The molecule has 1 rings (SSSR count). The Morgan fingerprint density at radius 3 is 2.29 bits per heavy atom. The molecule has 0 amide bonds. The van der Waals surface area contributed by atoms with Crippen molar-refractivity contribution in [2.45, 2.75) is 24.5 Å². The van der Waals surface area contributed by atoms with Gasteiger partial charge in [0.2, 0.25) is 0 Å². The Morgan fingerprint density at radius 1 is 1.21 bits per heavy atom. The van der Waals surface area contributed by atoms with Crippen LogP contribution in [-0.4, -0.2) is 59.8 Å². The minimum atomic E-state index is -0.687. The quantitative estimate of drug-likeness (QED) is 0.359. The summed E-state index contributed by atoms with van der Waals surface area (Å²) in [4.78, 5) is 0. The molecule has 0 radical (unpaired) electrons. The summed E-state index contributed by atoms with van der Waals surface area (Å²) in [6, 6.07) is -0.325. The highest BCUT2D eigenvalue weighted by Gasteiger charge is 2.29. The Bertz CT molecular complexity index is 156. The van der Waals surface area contributed by atoms with Crippen LogP contribution in [0.15, 0.2) is 0 Å². The van der Waals surface area contributed by atoms with Crippen molar-refractivity contribution in [3.63, 3.8) is 0 Å². The van der Waals surface area contributed by atoms with Crippen molar-refractivity contribution >= 4 is 0 Å². The molecule has 84 valence electrons. The fourth-order valence-electron chi connectivity index (χ4n) is 1.59. The van der Waals surface area contributed by atoms with E-state index >= 15 is 0 Å². The number of rotatable bonds is 5. The van der Waals surface area contributed by atoms with Gasteiger partial charge in [-0.3, -0.25) is 0 Å². The van der Waals surface area contributed by atoms with E-state index in [9.17, 15) is 5.11 Å². The largest absolute Gasteiger partial charge is 0.395 e. The lowest BCUT2D eigenvalue weighted by atomic mass is 9.92. The first-order chi connectivity index (χ1) is 6.70. The summed E-state index contributed by atoms with van der Waals surface area (Å²) in [5.74, 6) is 0. The van der Waals surface area contributed by atoms with E-state index in [0.717, 1.165) is 13.1 Å². The van der Waals surface area contributed by atoms with Crippen molar-refractivity contribution < 1.29 is 15.3 Å². The summed E-state index contributed by atoms with van der Waals surface area (Å²) in [6.07, 6.45) is 1.42. The molecule has 0 bridgehead atoms. The zero-order chi connectivity index (χ0) is 10.4. The van der Waals surface area contributed by atoms with Gasteiger partial charge in [-0.1, -0.05) is 0 Å². The lowest BCUT2D eigenvalue weighted by Gasteiger charge is -2.33. The van der Waals surface area contributed by atoms with Crippen LogP contribution >= 0.6 is 0 Å². The Labute approximate surface area is 84.1 Å². The smallest absolute Gasteiger partial charge is 0.0795 e. The first-order valence-corrected chi connectivity index (χ1v) is 5.08. The zero-order valence-electron chi connectivity index (χ0n) is 8.37. The maximum absolute atomic E-state index is 10.0. The highest BCUT2D eigenvalue weighted by molar-refractivity contribution is 4.87. The second-order valence-corrected chi connectivity index (χ2v) is 3.92. The van der Waals surface area contributed by atoms with E-state index in [1.807, 2.05) is 0 Å². The number of piperidine rings is 1. The predicted octanol–water partition coefficient (Wildman–Crippen LogP) is -1.96. The molecule has 1 fully saturated rings. The number of aliphatic hydroxyl groups is 3. The van der Waals surface area contributed by atoms with E-state index in [1.165, 1.54) is 0 Å². The highest BCUT2D eigenvalue weighted by Crippen LogP contribution is 2.16. The Balaban J connectivity index is 2.27. The molecule has 0 spiro atoms. The van der Waals surface area contributed by atoms with E-state index in [1.54, 1.807) is 0 Å². The summed E-state index contributed by atoms with van der Waals surface area (Å²) in [7, 11) is 0. The average Bonchev–Trinajstić information content (AvgIpc) is 2.20. The fourth-order valence-corrected chi connectivity index (χ4v) is 1.59. The van der Waals surface area contributed by atoms with E-state index in [-0.39, 0.29) is 19.3 Å². The summed E-state index contributed by atoms with van der Waals surface area (Å²) >= 11 is 0. The molecular formula is C9H20N2O3. The molecule has 5 heteroatoms. The molecule has 0 aromatic rings. The van der Waals surface area contributed by atoms with Crippen molar-refractivity contribution in [3.8, 4) is 0 Å². The molecule has 1 heterocycles. The third-order valence-corrected chi connectivity index (χ3v) is 2.69. The van der Waals surface area contributed by atoms with Gasteiger partial charge in [0.1, 0.15) is 0 Å². The SMILES string of the molecule is OCC(CO)NCC1(O)CCNCC1. The van der Waals surface area contributed by atoms with E-state index in [2.05, 4.69) is 10.6 Å². The van der Waals surface area contributed by atoms with Crippen LogP contribution in [0.2, 0.25) is 0 Å². The number of aliphatic hydroxyl groups excluding tert-OH is 2. The number of hydrogen-bond acceptors (Lipinski definition) is 5. The van der Waals surface area contributed by atoms with Gasteiger partial charge >= 0.3 is 0 Å². The van der Waals surface area contributed by atoms with Gasteiger partial charge in [0.25, 0.3) is 0 Å². The summed E-state index contributed by atoms with van der Waals surface area (Å²) in [5, 5.41) is 33.8. The average molecular weight is 204 g/mol. The van der Waals surface area contributed by atoms with Gasteiger partial charge in [-0.25, -0.2) is 0 Å². The van der Waals surface area contributed by atoms with Crippen LogP contribution in [0.3, 0.4) is 0 Å². The first-order valence-electron chi connectivity index (χ1n) is 5.08. The van der Waals surface area contributed by atoms with Gasteiger partial charge in [0, 0.05) is 6.54 Å². The first kappa shape index (κ1) is 11.9. The van der Waals surface area contributed by atoms with E-state index < -0.39 is 5.60 Å². The molecule has 0 aromatic heterocycles. The lowest BCUT2D eigenvalue weighted by Crippen LogP contribution is -2.51. The second kappa shape index (κ2) is 5.63. The zero-order valence-corrected chi connectivity index (χ0v) is 8.37. The van der Waals surface area contributed by atoms with Gasteiger partial charge in [-0.15, -0.1) is 0 Å². The van der Waals surface area contributed by atoms with E-state index in [4.69, 9.17) is 10.2 Å². The van der Waals surface area contributed by atoms with Crippen molar-refractivity contribution in [3.05, 3.63) is 0 Å². The van der Waals surface area contributed by atoms with Gasteiger partial charge < -0.3 is 26.0 Å². The minimum absolute atomic E-state index is 0.106. The Hall–Kier alpha value is -0.200. The van der Waals surface area contributed by atoms with Gasteiger partial charge in [-0.05, 0) is 25.9 Å². The molecule has 1 aliphatic rings. The number of nitrogens with one attached hydrogen (secondary N) is 2. The molecule has 0 aromatic carbocycles. The fraction of sp³-hybridized carbons (Fsp3) is 1.00. The molecule has 1 aliphatic heterocycles. The predicted molar refractivity (Wildman–Crippen MR) is 53.0 cm³/mol. The molecule has 0 aliphatic carbocycles. The normalized spacial score (nSPS) is 21.4. The van der Waals surface area contributed by atoms with Gasteiger partial charge in [0.05, 0.1) is 24.9 Å². The standard InChI is InChI=1S/C9H20N2O3/c12-5-8(6-13)11-7-9(14)1-3-10-4-2-9/h8,10-14H,1-7H2. The summed E-state index contributed by atoms with van der Waals surface area (Å²) < 4.78 is 0. The molecule has 5 N–H and O–H groups in total. The number of hydrogen-bond donors (Lipinski definition) is 5. The molecule has 1 saturated heterocycles. The van der Waals surface area contributed by atoms with Crippen LogP contribution in [-0.2, 0) is 0 Å². The van der Waals surface area contributed by atoms with Crippen LogP contribution in [0.1, 0.15) is 12.8 Å². The van der Waals surface area contributed by atoms with Gasteiger partial charge in [0.15, 0.2) is 0 Å². The molecule has 0 atom stereocenters. The van der Waals surface area contributed by atoms with Crippen molar-refractivity contribution in [2.75, 3.05) is 32.8 Å². The van der Waals surface area contributed by atoms with Crippen molar-refractivity contribution in [1.29, 1.82) is 0 Å². The maximum atomic E-state index is 10.0. The Kier molecular flexibility index (Phi) is 4.77. The molecule has 0 saturated carbocycles. The van der Waals surface area contributed by atoms with Crippen LogP contribution in [0.4, 0.5) is 0 Å². The topological polar surface area (TPSA) is 84.8 Å². The van der Waals surface area contributed by atoms with Crippen molar-refractivity contribution in [2.24, 2.45) is 0 Å². The minimum Gasteiger partial charge on any atom is -0.395 e. The maximum Gasteiger partial charge on any atom is 0.0795 e. The molecule has 5 nitrogen and oxygen atoms in total. The third-order valence-electron chi connectivity index (χ3n) is 2.69. The summed E-state index contributed by atoms with van der Waals surface area (Å²) in [5.41, 5.74) is -0.687. The lowest BCUT2D eigenvalue weighted by molar-refractivity contribution is 0.00497. The third kappa shape index (κ3) is 3.51. The van der Waals surface area contributed by atoms with Crippen LogP contribution in [0, 0.1) is 0 Å². The van der Waals surface area contributed by atoms with Crippen molar-refractivity contribution in [1.82, 2.24) is 10.6 Å². The highest BCUT2D eigenvalue weighted by atomic mass is 16.3. The summed E-state index contributed by atoms with van der Waals surface area (Å²) in [6.45, 7) is 1.86. The Morgan fingerprint density at radius 2 is 1.79 bits per heavy atom. The van der Waals surface area contributed by atoms with Crippen LogP contribution < -0.4 is 10.6 Å². The monoisotopic (exact) mass is 204 g/mol. The van der Waals surface area contributed by atoms with Crippen LogP contribution in [0.5, 0.6) is 0 Å².